The van der Waals surface area contributed by atoms with E-state index in [0.29, 0.717) is 5.69 Å². The molecule has 0 bridgehead atoms. The summed E-state index contributed by atoms with van der Waals surface area (Å²) in [5.74, 6) is 0. The Hall–Kier alpha value is -1.98. The van der Waals surface area contributed by atoms with Crippen molar-refractivity contribution >= 4 is 15.9 Å². The summed E-state index contributed by atoms with van der Waals surface area (Å²) in [5, 5.41) is 18.5. The van der Waals surface area contributed by atoms with E-state index in [2.05, 4.69) is 26.2 Å². The van der Waals surface area contributed by atoms with Crippen molar-refractivity contribution in [2.75, 3.05) is 0 Å². The molecule has 20 heavy (non-hydrogen) atoms. The minimum absolute atomic E-state index is 0.628. The average molecular weight is 330 g/mol. The zero-order valence-corrected chi connectivity index (χ0v) is 12.1. The summed E-state index contributed by atoms with van der Waals surface area (Å²) in [6.07, 6.45) is 0.790. The van der Waals surface area contributed by atoms with Crippen molar-refractivity contribution in [3.8, 4) is 5.69 Å². The van der Waals surface area contributed by atoms with Crippen LogP contribution in [0.1, 0.15) is 17.4 Å². The fourth-order valence-corrected chi connectivity index (χ4v) is 2.56. The van der Waals surface area contributed by atoms with E-state index in [1.807, 2.05) is 54.6 Å². The smallest absolute Gasteiger partial charge is 0.124 e. The van der Waals surface area contributed by atoms with Crippen molar-refractivity contribution in [1.29, 1.82) is 0 Å². The lowest BCUT2D eigenvalue weighted by atomic mass is 10.1. The summed E-state index contributed by atoms with van der Waals surface area (Å²) in [4.78, 5) is 0. The zero-order chi connectivity index (χ0) is 13.9. The standard InChI is InChI=1S/C15H12BrN3O/c16-13-9-5-4-8-12(13)15(20)14-10-17-18-19(14)11-6-2-1-3-7-11/h1-10,15,20H. The van der Waals surface area contributed by atoms with Crippen LogP contribution in [0.2, 0.25) is 0 Å². The van der Waals surface area contributed by atoms with Crippen molar-refractivity contribution in [2.24, 2.45) is 0 Å². The molecule has 1 unspecified atom stereocenters. The molecule has 1 aromatic heterocycles. The number of hydrogen-bond acceptors (Lipinski definition) is 3. The Labute approximate surface area is 124 Å². The lowest BCUT2D eigenvalue weighted by Gasteiger charge is -2.14. The van der Waals surface area contributed by atoms with Crippen LogP contribution in [0.3, 0.4) is 0 Å². The SMILES string of the molecule is OC(c1ccccc1Br)c1cnnn1-c1ccccc1. The van der Waals surface area contributed by atoms with Crippen LogP contribution < -0.4 is 0 Å². The van der Waals surface area contributed by atoms with Gasteiger partial charge in [0.2, 0.25) is 0 Å². The minimum Gasteiger partial charge on any atom is -0.382 e. The molecular formula is C15H12BrN3O. The van der Waals surface area contributed by atoms with Gasteiger partial charge in [0.1, 0.15) is 6.10 Å². The normalized spacial score (nSPS) is 12.3. The van der Waals surface area contributed by atoms with Gasteiger partial charge in [-0.3, -0.25) is 0 Å². The quantitative estimate of drug-likeness (QED) is 0.803. The highest BCUT2D eigenvalue weighted by molar-refractivity contribution is 9.10. The van der Waals surface area contributed by atoms with Crippen LogP contribution in [0.25, 0.3) is 5.69 Å². The van der Waals surface area contributed by atoms with Crippen LogP contribution in [0.5, 0.6) is 0 Å². The Morgan fingerprint density at radius 1 is 1.00 bits per heavy atom. The number of rotatable bonds is 3. The molecule has 3 rings (SSSR count). The van der Waals surface area contributed by atoms with Gasteiger partial charge in [0.15, 0.2) is 0 Å². The van der Waals surface area contributed by atoms with Crippen LogP contribution in [0.4, 0.5) is 0 Å². The average Bonchev–Trinajstić information content (AvgIpc) is 2.97. The van der Waals surface area contributed by atoms with Gasteiger partial charge < -0.3 is 5.11 Å². The third-order valence-corrected chi connectivity index (χ3v) is 3.78. The highest BCUT2D eigenvalue weighted by atomic mass is 79.9. The topological polar surface area (TPSA) is 50.9 Å². The second-order valence-electron chi connectivity index (χ2n) is 4.33. The van der Waals surface area contributed by atoms with E-state index in [1.54, 1.807) is 10.9 Å². The molecule has 0 saturated carbocycles. The van der Waals surface area contributed by atoms with E-state index < -0.39 is 6.10 Å². The molecule has 1 heterocycles. The predicted octanol–water partition coefficient (Wildman–Crippen LogP) is 3.11. The molecule has 1 N–H and O–H groups in total. The first kappa shape index (κ1) is 13.0. The summed E-state index contributed by atoms with van der Waals surface area (Å²) >= 11 is 3.45. The number of aliphatic hydroxyl groups is 1. The molecule has 0 aliphatic carbocycles. The number of halogens is 1. The number of aromatic nitrogens is 3. The van der Waals surface area contributed by atoms with Crippen LogP contribution in [-0.2, 0) is 0 Å². The summed E-state index contributed by atoms with van der Waals surface area (Å²) in [6.45, 7) is 0. The van der Waals surface area contributed by atoms with E-state index in [4.69, 9.17) is 0 Å². The van der Waals surface area contributed by atoms with Crippen molar-refractivity contribution < 1.29 is 5.11 Å². The van der Waals surface area contributed by atoms with E-state index in [-0.39, 0.29) is 0 Å². The van der Waals surface area contributed by atoms with Gasteiger partial charge >= 0.3 is 0 Å². The molecule has 0 radical (unpaired) electrons. The van der Waals surface area contributed by atoms with E-state index in [1.165, 1.54) is 0 Å². The third-order valence-electron chi connectivity index (χ3n) is 3.06. The lowest BCUT2D eigenvalue weighted by molar-refractivity contribution is 0.211. The molecule has 3 aromatic rings. The van der Waals surface area contributed by atoms with Gasteiger partial charge in [-0.05, 0) is 18.2 Å². The fourth-order valence-electron chi connectivity index (χ4n) is 2.06. The van der Waals surface area contributed by atoms with Crippen LogP contribution in [0.15, 0.2) is 65.3 Å². The zero-order valence-electron chi connectivity index (χ0n) is 10.5. The summed E-state index contributed by atoms with van der Waals surface area (Å²) in [7, 11) is 0. The molecule has 0 amide bonds. The molecule has 0 spiro atoms. The highest BCUT2D eigenvalue weighted by Gasteiger charge is 2.19. The van der Waals surface area contributed by atoms with Gasteiger partial charge in [0.25, 0.3) is 0 Å². The fraction of sp³-hybridized carbons (Fsp3) is 0.0667. The molecule has 0 fully saturated rings. The summed E-state index contributed by atoms with van der Waals surface area (Å²) in [6, 6.07) is 17.2. The van der Waals surface area contributed by atoms with Crippen LogP contribution in [0, 0.1) is 0 Å². The minimum atomic E-state index is -0.791. The van der Waals surface area contributed by atoms with Gasteiger partial charge in [-0.15, -0.1) is 5.10 Å². The lowest BCUT2D eigenvalue weighted by Crippen LogP contribution is -2.09. The maximum Gasteiger partial charge on any atom is 0.124 e. The first-order chi connectivity index (χ1) is 9.77. The predicted molar refractivity (Wildman–Crippen MR) is 79.6 cm³/mol. The van der Waals surface area contributed by atoms with Gasteiger partial charge in [-0.2, -0.15) is 0 Å². The molecule has 4 nitrogen and oxygen atoms in total. The number of para-hydroxylation sites is 1. The number of benzene rings is 2. The first-order valence-corrected chi connectivity index (χ1v) is 6.95. The molecular weight excluding hydrogens is 318 g/mol. The third kappa shape index (κ3) is 2.37. The Balaban J connectivity index is 2.04. The maximum atomic E-state index is 10.6. The monoisotopic (exact) mass is 329 g/mol. The second-order valence-corrected chi connectivity index (χ2v) is 5.18. The van der Waals surface area contributed by atoms with Gasteiger partial charge in [0, 0.05) is 10.0 Å². The molecule has 5 heteroatoms. The number of hydrogen-bond donors (Lipinski definition) is 1. The molecule has 100 valence electrons. The molecule has 1 atom stereocenters. The van der Waals surface area contributed by atoms with Crippen LogP contribution >= 0.6 is 15.9 Å². The van der Waals surface area contributed by atoms with E-state index in [9.17, 15) is 5.11 Å². The largest absolute Gasteiger partial charge is 0.382 e. The molecule has 0 aliphatic rings. The number of aliphatic hydroxyl groups excluding tert-OH is 1. The maximum absolute atomic E-state index is 10.6. The van der Waals surface area contributed by atoms with Crippen LogP contribution in [-0.4, -0.2) is 20.1 Å². The van der Waals surface area contributed by atoms with E-state index in [0.717, 1.165) is 15.7 Å². The Morgan fingerprint density at radius 2 is 1.70 bits per heavy atom. The van der Waals surface area contributed by atoms with Crippen molar-refractivity contribution in [3.05, 3.63) is 76.5 Å². The van der Waals surface area contributed by atoms with Gasteiger partial charge in [-0.1, -0.05) is 57.5 Å². The van der Waals surface area contributed by atoms with Crippen molar-refractivity contribution in [1.82, 2.24) is 15.0 Å². The summed E-state index contributed by atoms with van der Waals surface area (Å²) in [5.41, 5.74) is 2.28. The Bertz CT molecular complexity index is 712. The summed E-state index contributed by atoms with van der Waals surface area (Å²) < 4.78 is 2.50. The van der Waals surface area contributed by atoms with E-state index >= 15 is 0 Å². The van der Waals surface area contributed by atoms with Gasteiger partial charge in [0.05, 0.1) is 17.6 Å². The first-order valence-electron chi connectivity index (χ1n) is 6.16. The Kier molecular flexibility index (Phi) is 3.62. The molecule has 2 aromatic carbocycles. The second kappa shape index (κ2) is 5.56. The molecule has 0 aliphatic heterocycles. The van der Waals surface area contributed by atoms with Crippen molar-refractivity contribution in [3.63, 3.8) is 0 Å². The van der Waals surface area contributed by atoms with Gasteiger partial charge in [-0.25, -0.2) is 4.68 Å². The van der Waals surface area contributed by atoms with Crippen molar-refractivity contribution in [2.45, 2.75) is 6.10 Å². The Morgan fingerprint density at radius 3 is 2.45 bits per heavy atom. The number of nitrogens with zero attached hydrogens (tertiary/aromatic N) is 3. The molecule has 0 saturated heterocycles. The highest BCUT2D eigenvalue weighted by Crippen LogP contribution is 2.28.